The van der Waals surface area contributed by atoms with E-state index in [4.69, 9.17) is 0 Å². The number of nitro groups is 1. The molecule has 0 amide bonds. The van der Waals surface area contributed by atoms with Gasteiger partial charge in [0.2, 0.25) is 0 Å². The number of hydrogen-bond acceptors (Lipinski definition) is 5. The summed E-state index contributed by atoms with van der Waals surface area (Å²) < 4.78 is 0. The molecule has 0 radical (unpaired) electrons. The molecule has 0 unspecified atom stereocenters. The molecular weight excluding hydrogens is 232 g/mol. The second kappa shape index (κ2) is 4.53. The van der Waals surface area contributed by atoms with Gasteiger partial charge in [0.1, 0.15) is 12.0 Å². The highest BCUT2D eigenvalue weighted by atomic mass is 16.6. The van der Waals surface area contributed by atoms with E-state index in [9.17, 15) is 10.1 Å². The molecule has 1 fully saturated rings. The molecule has 0 atom stereocenters. The number of anilines is 1. The van der Waals surface area contributed by atoms with Crippen molar-refractivity contribution in [3.63, 3.8) is 0 Å². The van der Waals surface area contributed by atoms with Crippen LogP contribution in [0.5, 0.6) is 0 Å². The van der Waals surface area contributed by atoms with Gasteiger partial charge in [-0.05, 0) is 26.3 Å². The summed E-state index contributed by atoms with van der Waals surface area (Å²) in [5.74, 6) is 0.840. The van der Waals surface area contributed by atoms with E-state index in [1.165, 1.54) is 6.20 Å². The molecule has 1 N–H and O–H groups in total. The summed E-state index contributed by atoms with van der Waals surface area (Å²) in [5.41, 5.74) is 0.856. The quantitative estimate of drug-likeness (QED) is 0.636. The van der Waals surface area contributed by atoms with E-state index in [0.29, 0.717) is 0 Å². The van der Waals surface area contributed by atoms with Crippen LogP contribution < -0.4 is 10.2 Å². The smallest absolute Gasteiger partial charge is 0.287 e. The normalized spacial score (nSPS) is 18.7. The Balaban J connectivity index is 2.36. The second-order valence-electron chi connectivity index (χ2n) is 5.23. The minimum absolute atomic E-state index is 0.0356. The number of nitrogens with one attached hydrogen (secondary N) is 1. The predicted octanol–water partition coefficient (Wildman–Crippen LogP) is 1.49. The first-order valence-corrected chi connectivity index (χ1v) is 6.01. The number of aryl methyl sites for hydroxylation is 1. The Bertz CT molecular complexity index is 473. The van der Waals surface area contributed by atoms with Crippen LogP contribution in [0.25, 0.3) is 0 Å². The maximum Gasteiger partial charge on any atom is 0.287 e. The average molecular weight is 250 g/mol. The molecule has 2 rings (SSSR count). The van der Waals surface area contributed by atoms with Crippen molar-refractivity contribution in [2.45, 2.75) is 26.3 Å². The first-order chi connectivity index (χ1) is 8.42. The predicted molar refractivity (Wildman–Crippen MR) is 69.9 cm³/mol. The fraction of sp³-hybridized carbons (Fsp3) is 0.583. The summed E-state index contributed by atoms with van der Waals surface area (Å²) in [4.78, 5) is 16.8. The summed E-state index contributed by atoms with van der Waals surface area (Å²) in [6.07, 6.45) is 1.33. The largest absolute Gasteiger partial charge is 0.349 e. The fourth-order valence-corrected chi connectivity index (χ4v) is 2.31. The number of pyridine rings is 1. The molecule has 0 aromatic carbocycles. The summed E-state index contributed by atoms with van der Waals surface area (Å²) in [7, 11) is 0. The van der Waals surface area contributed by atoms with Crippen molar-refractivity contribution >= 4 is 11.5 Å². The monoisotopic (exact) mass is 250 g/mol. The van der Waals surface area contributed by atoms with Gasteiger partial charge in [-0.2, -0.15) is 0 Å². The van der Waals surface area contributed by atoms with Crippen molar-refractivity contribution in [1.29, 1.82) is 0 Å². The maximum absolute atomic E-state index is 10.7. The molecular formula is C12H18N4O2. The molecule has 0 spiro atoms. The van der Waals surface area contributed by atoms with Gasteiger partial charge in [-0.15, -0.1) is 0 Å². The third-order valence-electron chi connectivity index (χ3n) is 3.30. The Morgan fingerprint density at radius 2 is 2.28 bits per heavy atom. The Morgan fingerprint density at radius 3 is 2.83 bits per heavy atom. The molecule has 1 aliphatic rings. The van der Waals surface area contributed by atoms with E-state index < -0.39 is 4.92 Å². The van der Waals surface area contributed by atoms with Crippen LogP contribution in [0, 0.1) is 17.0 Å². The Kier molecular flexibility index (Phi) is 3.21. The lowest BCUT2D eigenvalue weighted by Gasteiger charge is -2.44. The van der Waals surface area contributed by atoms with Gasteiger partial charge >= 0.3 is 0 Å². The number of rotatable bonds is 2. The van der Waals surface area contributed by atoms with E-state index in [-0.39, 0.29) is 11.2 Å². The standard InChI is InChI=1S/C12H18N4O2/c1-9-6-10(16(17)18)7-14-11(9)15-5-4-13-8-12(15,2)3/h6-7,13H,4-5,8H2,1-3H3. The van der Waals surface area contributed by atoms with E-state index in [1.54, 1.807) is 6.07 Å². The molecule has 1 saturated heterocycles. The maximum atomic E-state index is 10.7. The molecule has 2 heterocycles. The van der Waals surface area contributed by atoms with Crippen molar-refractivity contribution in [1.82, 2.24) is 10.3 Å². The molecule has 0 bridgehead atoms. The zero-order valence-electron chi connectivity index (χ0n) is 10.9. The highest BCUT2D eigenvalue weighted by molar-refractivity contribution is 5.52. The lowest BCUT2D eigenvalue weighted by molar-refractivity contribution is -0.385. The summed E-state index contributed by atoms with van der Waals surface area (Å²) in [6, 6.07) is 1.58. The molecule has 18 heavy (non-hydrogen) atoms. The van der Waals surface area contributed by atoms with Crippen LogP contribution in [0.1, 0.15) is 19.4 Å². The lowest BCUT2D eigenvalue weighted by Crippen LogP contribution is -2.58. The molecule has 0 aliphatic carbocycles. The number of aromatic nitrogens is 1. The van der Waals surface area contributed by atoms with Crippen LogP contribution in [0.15, 0.2) is 12.3 Å². The van der Waals surface area contributed by atoms with Crippen LogP contribution in [0.3, 0.4) is 0 Å². The van der Waals surface area contributed by atoms with Crippen molar-refractivity contribution in [3.05, 3.63) is 27.9 Å². The molecule has 6 nitrogen and oxygen atoms in total. The molecule has 6 heteroatoms. The number of nitrogens with zero attached hydrogens (tertiary/aromatic N) is 3. The summed E-state index contributed by atoms with van der Waals surface area (Å²) in [5, 5.41) is 14.1. The van der Waals surface area contributed by atoms with Gasteiger partial charge in [0.15, 0.2) is 0 Å². The topological polar surface area (TPSA) is 71.3 Å². The van der Waals surface area contributed by atoms with Gasteiger partial charge in [-0.25, -0.2) is 4.98 Å². The van der Waals surface area contributed by atoms with Crippen molar-refractivity contribution < 1.29 is 4.92 Å². The Morgan fingerprint density at radius 1 is 1.56 bits per heavy atom. The highest BCUT2D eigenvalue weighted by Gasteiger charge is 2.31. The zero-order valence-corrected chi connectivity index (χ0v) is 10.9. The Hall–Kier alpha value is -1.69. The van der Waals surface area contributed by atoms with E-state index >= 15 is 0 Å². The summed E-state index contributed by atoms with van der Waals surface area (Å²) >= 11 is 0. The third-order valence-corrected chi connectivity index (χ3v) is 3.30. The summed E-state index contributed by atoms with van der Waals surface area (Å²) in [6.45, 7) is 8.79. The van der Waals surface area contributed by atoms with E-state index in [1.807, 2.05) is 6.92 Å². The average Bonchev–Trinajstić information content (AvgIpc) is 2.29. The molecule has 1 aromatic rings. The van der Waals surface area contributed by atoms with Crippen molar-refractivity contribution in [2.75, 3.05) is 24.5 Å². The van der Waals surface area contributed by atoms with Gasteiger partial charge in [-0.1, -0.05) is 0 Å². The van der Waals surface area contributed by atoms with Crippen LogP contribution in [-0.4, -0.2) is 35.1 Å². The van der Waals surface area contributed by atoms with Crippen molar-refractivity contribution in [2.24, 2.45) is 0 Å². The zero-order chi connectivity index (χ0) is 13.3. The van der Waals surface area contributed by atoms with E-state index in [0.717, 1.165) is 31.0 Å². The fourth-order valence-electron chi connectivity index (χ4n) is 2.31. The van der Waals surface area contributed by atoms with Crippen LogP contribution in [0.4, 0.5) is 11.5 Å². The minimum Gasteiger partial charge on any atom is -0.349 e. The van der Waals surface area contributed by atoms with Gasteiger partial charge in [0.25, 0.3) is 5.69 Å². The third kappa shape index (κ3) is 2.28. The first kappa shape index (κ1) is 12.8. The van der Waals surface area contributed by atoms with Gasteiger partial charge < -0.3 is 10.2 Å². The molecule has 98 valence electrons. The molecule has 1 aromatic heterocycles. The number of hydrogen-bond donors (Lipinski definition) is 1. The SMILES string of the molecule is Cc1cc([N+](=O)[O-])cnc1N1CCNCC1(C)C. The van der Waals surface area contributed by atoms with Crippen LogP contribution >= 0.6 is 0 Å². The highest BCUT2D eigenvalue weighted by Crippen LogP contribution is 2.28. The van der Waals surface area contributed by atoms with E-state index in [2.05, 4.69) is 29.0 Å². The van der Waals surface area contributed by atoms with Gasteiger partial charge in [-0.3, -0.25) is 10.1 Å². The van der Waals surface area contributed by atoms with Gasteiger partial charge in [0.05, 0.1) is 4.92 Å². The molecule has 0 saturated carbocycles. The lowest BCUT2D eigenvalue weighted by atomic mass is 9.99. The minimum atomic E-state index is -0.410. The Labute approximate surface area is 106 Å². The molecule has 1 aliphatic heterocycles. The van der Waals surface area contributed by atoms with Crippen LogP contribution in [-0.2, 0) is 0 Å². The van der Waals surface area contributed by atoms with Crippen LogP contribution in [0.2, 0.25) is 0 Å². The van der Waals surface area contributed by atoms with Gasteiger partial charge in [0, 0.05) is 31.2 Å². The number of piperazine rings is 1. The van der Waals surface area contributed by atoms with Crippen molar-refractivity contribution in [3.8, 4) is 0 Å². The second-order valence-corrected chi connectivity index (χ2v) is 5.23. The first-order valence-electron chi connectivity index (χ1n) is 6.01.